The van der Waals surface area contributed by atoms with E-state index in [4.69, 9.17) is 0 Å². The van der Waals surface area contributed by atoms with Crippen LogP contribution in [0.4, 0.5) is 8.78 Å². The fraction of sp³-hybridized carbons (Fsp3) is 0.364. The van der Waals surface area contributed by atoms with Crippen LogP contribution >= 0.6 is 0 Å². The van der Waals surface area contributed by atoms with Crippen molar-refractivity contribution in [1.29, 1.82) is 0 Å². The summed E-state index contributed by atoms with van der Waals surface area (Å²) < 4.78 is 27.4. The van der Waals surface area contributed by atoms with Crippen molar-refractivity contribution in [2.45, 2.75) is 18.8 Å². The Kier molecular flexibility index (Phi) is 4.65. The predicted octanol–water partition coefficient (Wildman–Crippen LogP) is 2.98. The molecule has 2 aliphatic rings. The third-order valence-electron chi connectivity index (χ3n) is 6.12. The number of likely N-dealkylation sites (tertiary alicyclic amines) is 2. The second-order valence-electron chi connectivity index (χ2n) is 7.76. The lowest BCUT2D eigenvalue weighted by atomic mass is 9.73. The summed E-state index contributed by atoms with van der Waals surface area (Å²) in [6, 6.07) is 13.7. The molecule has 2 atom stereocenters. The van der Waals surface area contributed by atoms with E-state index in [2.05, 4.69) is 0 Å². The first kappa shape index (κ1) is 18.6. The molecule has 2 heterocycles. The molecule has 28 heavy (non-hydrogen) atoms. The van der Waals surface area contributed by atoms with Crippen LogP contribution in [0.2, 0.25) is 0 Å². The molecule has 4 nitrogen and oxygen atoms in total. The summed E-state index contributed by atoms with van der Waals surface area (Å²) in [5.41, 5.74) is 0.484. The Bertz CT molecular complexity index is 918. The van der Waals surface area contributed by atoms with Crippen LogP contribution in [-0.2, 0) is 16.0 Å². The molecule has 2 aromatic carbocycles. The largest absolute Gasteiger partial charge is 0.345 e. The van der Waals surface area contributed by atoms with Crippen molar-refractivity contribution in [2.75, 3.05) is 26.7 Å². The summed E-state index contributed by atoms with van der Waals surface area (Å²) in [5, 5.41) is 0. The van der Waals surface area contributed by atoms with Gasteiger partial charge in [0.15, 0.2) is 11.6 Å². The lowest BCUT2D eigenvalue weighted by Crippen LogP contribution is -2.39. The maximum atomic E-state index is 13.9. The number of carbonyl (C=O) groups excluding carboxylic acids is 2. The van der Waals surface area contributed by atoms with Crippen molar-refractivity contribution in [1.82, 2.24) is 9.80 Å². The second-order valence-corrected chi connectivity index (χ2v) is 7.76. The van der Waals surface area contributed by atoms with Crippen LogP contribution in [0.25, 0.3) is 0 Å². The molecule has 2 amide bonds. The van der Waals surface area contributed by atoms with Gasteiger partial charge >= 0.3 is 0 Å². The SMILES string of the molecule is CN1C[C@@H](c2ccccc2)[C@]2(CCN(C(=O)Cc3cccc(F)c3F)C2)C1=O. The molecule has 146 valence electrons. The van der Waals surface area contributed by atoms with E-state index in [1.165, 1.54) is 12.1 Å². The van der Waals surface area contributed by atoms with Crippen molar-refractivity contribution in [3.05, 3.63) is 71.3 Å². The van der Waals surface area contributed by atoms with E-state index < -0.39 is 17.0 Å². The highest BCUT2D eigenvalue weighted by Crippen LogP contribution is 2.49. The number of benzene rings is 2. The van der Waals surface area contributed by atoms with Gasteiger partial charge < -0.3 is 9.80 Å². The number of hydrogen-bond donors (Lipinski definition) is 0. The summed E-state index contributed by atoms with van der Waals surface area (Å²) in [4.78, 5) is 29.1. The van der Waals surface area contributed by atoms with Crippen LogP contribution in [0.1, 0.15) is 23.5 Å². The van der Waals surface area contributed by atoms with Crippen LogP contribution < -0.4 is 0 Å². The van der Waals surface area contributed by atoms with Gasteiger partial charge in [-0.2, -0.15) is 0 Å². The average Bonchev–Trinajstić information content (AvgIpc) is 3.25. The first-order valence-corrected chi connectivity index (χ1v) is 9.43. The molecular formula is C22H22F2N2O2. The van der Waals surface area contributed by atoms with E-state index in [1.807, 2.05) is 30.3 Å². The number of nitrogens with zero attached hydrogens (tertiary/aromatic N) is 2. The van der Waals surface area contributed by atoms with Crippen LogP contribution in [0.3, 0.4) is 0 Å². The Labute approximate surface area is 162 Å². The highest BCUT2D eigenvalue weighted by atomic mass is 19.2. The van der Waals surface area contributed by atoms with Crippen molar-refractivity contribution < 1.29 is 18.4 Å². The maximum Gasteiger partial charge on any atom is 0.231 e. The van der Waals surface area contributed by atoms with Gasteiger partial charge in [0.2, 0.25) is 11.8 Å². The molecule has 4 rings (SSSR count). The molecule has 0 unspecified atom stereocenters. The van der Waals surface area contributed by atoms with Gasteiger partial charge in [-0.05, 0) is 18.1 Å². The first-order valence-electron chi connectivity index (χ1n) is 9.43. The quantitative estimate of drug-likeness (QED) is 0.816. The summed E-state index contributed by atoms with van der Waals surface area (Å²) in [6.45, 7) is 1.37. The molecule has 0 aromatic heterocycles. The number of likely N-dealkylation sites (N-methyl/N-ethyl adjacent to an activating group) is 1. The standard InChI is InChI=1S/C22H22F2N2O2/c1-25-13-17(15-6-3-2-4-7-15)22(21(25)28)10-11-26(14-22)19(27)12-16-8-5-9-18(23)20(16)24/h2-9,17H,10-14H2,1H3/t17-,22+/m0/s1. The zero-order valence-electron chi connectivity index (χ0n) is 15.7. The Hall–Kier alpha value is -2.76. The zero-order valence-corrected chi connectivity index (χ0v) is 15.7. The van der Waals surface area contributed by atoms with E-state index >= 15 is 0 Å². The van der Waals surface area contributed by atoms with Gasteiger partial charge in [-0.15, -0.1) is 0 Å². The van der Waals surface area contributed by atoms with Crippen molar-refractivity contribution in [3.8, 4) is 0 Å². The summed E-state index contributed by atoms with van der Waals surface area (Å²) in [7, 11) is 1.79. The topological polar surface area (TPSA) is 40.6 Å². The molecule has 2 saturated heterocycles. The van der Waals surface area contributed by atoms with E-state index in [0.717, 1.165) is 11.6 Å². The minimum atomic E-state index is -0.983. The molecule has 2 aliphatic heterocycles. The minimum Gasteiger partial charge on any atom is -0.345 e. The Morgan fingerprint density at radius 1 is 1.14 bits per heavy atom. The molecule has 6 heteroatoms. The molecular weight excluding hydrogens is 362 g/mol. The Morgan fingerprint density at radius 2 is 1.89 bits per heavy atom. The zero-order chi connectivity index (χ0) is 19.9. The van der Waals surface area contributed by atoms with Crippen LogP contribution in [0, 0.1) is 17.0 Å². The summed E-state index contributed by atoms with van der Waals surface area (Å²) in [6.07, 6.45) is 0.368. The molecule has 0 saturated carbocycles. The monoisotopic (exact) mass is 384 g/mol. The van der Waals surface area contributed by atoms with Gasteiger partial charge in [0.25, 0.3) is 0 Å². The van der Waals surface area contributed by atoms with Crippen LogP contribution in [0.15, 0.2) is 48.5 Å². The lowest BCUT2D eigenvalue weighted by Gasteiger charge is -2.28. The number of rotatable bonds is 3. The predicted molar refractivity (Wildman–Crippen MR) is 101 cm³/mol. The lowest BCUT2D eigenvalue weighted by molar-refractivity contribution is -0.135. The summed E-state index contributed by atoms with van der Waals surface area (Å²) in [5.74, 6) is -2.16. The van der Waals surface area contributed by atoms with Gasteiger partial charge in [0.1, 0.15) is 0 Å². The van der Waals surface area contributed by atoms with E-state index in [-0.39, 0.29) is 29.7 Å². The van der Waals surface area contributed by atoms with Crippen molar-refractivity contribution >= 4 is 11.8 Å². The normalized spacial score (nSPS) is 24.4. The highest BCUT2D eigenvalue weighted by molar-refractivity contribution is 5.89. The number of halogens is 2. The Morgan fingerprint density at radius 3 is 2.64 bits per heavy atom. The van der Waals surface area contributed by atoms with Gasteiger partial charge in [0, 0.05) is 38.2 Å². The number of amides is 2. The first-order chi connectivity index (χ1) is 13.4. The van der Waals surface area contributed by atoms with Gasteiger partial charge in [0.05, 0.1) is 11.8 Å². The van der Waals surface area contributed by atoms with Crippen LogP contribution in [0.5, 0.6) is 0 Å². The second kappa shape index (κ2) is 7.00. The average molecular weight is 384 g/mol. The van der Waals surface area contributed by atoms with Gasteiger partial charge in [-0.1, -0.05) is 42.5 Å². The summed E-state index contributed by atoms with van der Waals surface area (Å²) >= 11 is 0. The fourth-order valence-corrected chi connectivity index (χ4v) is 4.64. The third kappa shape index (κ3) is 2.97. The van der Waals surface area contributed by atoms with E-state index in [9.17, 15) is 18.4 Å². The molecule has 0 radical (unpaired) electrons. The molecule has 2 fully saturated rings. The minimum absolute atomic E-state index is 0.00917. The molecule has 2 aromatic rings. The molecule has 1 spiro atoms. The Balaban J connectivity index is 1.56. The number of carbonyl (C=O) groups is 2. The molecule has 0 bridgehead atoms. The van der Waals surface area contributed by atoms with E-state index in [0.29, 0.717) is 26.1 Å². The van der Waals surface area contributed by atoms with Crippen LogP contribution in [-0.4, -0.2) is 48.3 Å². The van der Waals surface area contributed by atoms with Gasteiger partial charge in [-0.3, -0.25) is 9.59 Å². The maximum absolute atomic E-state index is 13.9. The van der Waals surface area contributed by atoms with Crippen molar-refractivity contribution in [2.24, 2.45) is 5.41 Å². The van der Waals surface area contributed by atoms with Crippen molar-refractivity contribution in [3.63, 3.8) is 0 Å². The highest BCUT2D eigenvalue weighted by Gasteiger charge is 2.57. The van der Waals surface area contributed by atoms with E-state index in [1.54, 1.807) is 16.8 Å². The number of hydrogen-bond acceptors (Lipinski definition) is 2. The van der Waals surface area contributed by atoms with Gasteiger partial charge in [-0.25, -0.2) is 8.78 Å². The third-order valence-corrected chi connectivity index (χ3v) is 6.12. The molecule has 0 aliphatic carbocycles. The fourth-order valence-electron chi connectivity index (χ4n) is 4.64. The smallest absolute Gasteiger partial charge is 0.231 e. The molecule has 0 N–H and O–H groups in total.